The van der Waals surface area contributed by atoms with Gasteiger partial charge in [-0.25, -0.2) is 4.79 Å². The third kappa shape index (κ3) is 4.62. The first-order chi connectivity index (χ1) is 12.5. The molecule has 6 heteroatoms. The van der Waals surface area contributed by atoms with Gasteiger partial charge in [-0.2, -0.15) is 0 Å². The van der Waals surface area contributed by atoms with Crippen LogP contribution in [0.2, 0.25) is 0 Å². The van der Waals surface area contributed by atoms with Crippen LogP contribution in [0.5, 0.6) is 0 Å². The Balaban J connectivity index is 2.43. The van der Waals surface area contributed by atoms with Crippen molar-refractivity contribution in [3.05, 3.63) is 29.3 Å². The number of esters is 1. The van der Waals surface area contributed by atoms with Gasteiger partial charge < -0.3 is 14.5 Å². The summed E-state index contributed by atoms with van der Waals surface area (Å²) in [7, 11) is 1.31. The fourth-order valence-corrected chi connectivity index (χ4v) is 3.24. The van der Waals surface area contributed by atoms with E-state index in [4.69, 9.17) is 4.74 Å². The Morgan fingerprint density at radius 2 is 1.73 bits per heavy atom. The first kappa shape index (κ1) is 19.9. The average molecular weight is 360 g/mol. The highest BCUT2D eigenvalue weighted by atomic mass is 16.5. The monoisotopic (exact) mass is 360 g/mol. The Kier molecular flexibility index (Phi) is 7.18. The zero-order chi connectivity index (χ0) is 19.1. The van der Waals surface area contributed by atoms with Gasteiger partial charge in [-0.15, -0.1) is 0 Å². The Labute approximate surface area is 155 Å². The van der Waals surface area contributed by atoms with Crippen LogP contribution in [0.15, 0.2) is 18.2 Å². The van der Waals surface area contributed by atoms with Crippen LogP contribution in [0, 0.1) is 0 Å². The van der Waals surface area contributed by atoms with Crippen LogP contribution < -0.4 is 4.90 Å². The highest BCUT2D eigenvalue weighted by Crippen LogP contribution is 2.25. The second kappa shape index (κ2) is 9.36. The lowest BCUT2D eigenvalue weighted by molar-refractivity contribution is -0.119. The van der Waals surface area contributed by atoms with Gasteiger partial charge in [0.25, 0.3) is 5.91 Å². The van der Waals surface area contributed by atoms with E-state index in [-0.39, 0.29) is 11.8 Å². The van der Waals surface area contributed by atoms with Crippen LogP contribution in [-0.2, 0) is 9.53 Å². The normalized spacial score (nSPS) is 14.3. The number of hydrogen-bond donors (Lipinski definition) is 0. The van der Waals surface area contributed by atoms with Gasteiger partial charge in [-0.3, -0.25) is 9.59 Å². The van der Waals surface area contributed by atoms with Gasteiger partial charge in [0.15, 0.2) is 0 Å². The van der Waals surface area contributed by atoms with E-state index in [2.05, 4.69) is 0 Å². The molecular formula is C20H28N2O4. The van der Waals surface area contributed by atoms with Crippen molar-refractivity contribution in [3.8, 4) is 0 Å². The lowest BCUT2D eigenvalue weighted by Gasteiger charge is -2.28. The van der Waals surface area contributed by atoms with Gasteiger partial charge in [-0.1, -0.05) is 13.8 Å². The largest absolute Gasteiger partial charge is 0.465 e. The summed E-state index contributed by atoms with van der Waals surface area (Å²) in [5.41, 5.74) is 1.30. The maximum absolute atomic E-state index is 13.0. The number of methoxy groups -OCH3 is 1. The molecule has 1 fully saturated rings. The second-order valence-corrected chi connectivity index (χ2v) is 6.55. The highest BCUT2D eigenvalue weighted by molar-refractivity contribution is 6.02. The predicted octanol–water partition coefficient (Wildman–Crippen LogP) is 3.25. The molecule has 6 nitrogen and oxygen atoms in total. The fraction of sp³-hybridized carbons (Fsp3) is 0.550. The van der Waals surface area contributed by atoms with Crippen LogP contribution >= 0.6 is 0 Å². The molecule has 1 aliphatic heterocycles. The molecule has 0 saturated carbocycles. The Hall–Kier alpha value is -2.37. The lowest BCUT2D eigenvalue weighted by Crippen LogP contribution is -2.36. The third-order valence-corrected chi connectivity index (χ3v) is 4.50. The molecule has 1 aliphatic rings. The van der Waals surface area contributed by atoms with E-state index < -0.39 is 5.97 Å². The molecular weight excluding hydrogens is 332 g/mol. The molecule has 0 bridgehead atoms. The summed E-state index contributed by atoms with van der Waals surface area (Å²) < 4.78 is 4.83. The molecule has 142 valence electrons. The fourth-order valence-electron chi connectivity index (χ4n) is 3.24. The van der Waals surface area contributed by atoms with E-state index in [1.54, 1.807) is 28.0 Å². The van der Waals surface area contributed by atoms with E-state index in [0.29, 0.717) is 42.9 Å². The summed E-state index contributed by atoms with van der Waals surface area (Å²) >= 11 is 0. The molecule has 0 aromatic heterocycles. The van der Waals surface area contributed by atoms with Crippen molar-refractivity contribution in [2.45, 2.75) is 46.0 Å². The SMILES string of the molecule is CCCN(CCC)C(=O)c1cc(C(=O)OC)cc(N2CCCCC2=O)c1. The summed E-state index contributed by atoms with van der Waals surface area (Å²) in [6.07, 6.45) is 4.00. The van der Waals surface area contributed by atoms with Crippen molar-refractivity contribution < 1.29 is 19.1 Å². The van der Waals surface area contributed by atoms with Gasteiger partial charge >= 0.3 is 5.97 Å². The topological polar surface area (TPSA) is 66.9 Å². The van der Waals surface area contributed by atoms with Gasteiger partial charge in [0.1, 0.15) is 0 Å². The second-order valence-electron chi connectivity index (χ2n) is 6.55. The molecule has 0 N–H and O–H groups in total. The summed E-state index contributed by atoms with van der Waals surface area (Å²) in [6.45, 7) is 5.97. The van der Waals surface area contributed by atoms with Gasteiger partial charge in [0, 0.05) is 37.3 Å². The van der Waals surface area contributed by atoms with Crippen molar-refractivity contribution in [1.29, 1.82) is 0 Å². The number of carbonyl (C=O) groups is 3. The highest BCUT2D eigenvalue weighted by Gasteiger charge is 2.24. The Morgan fingerprint density at radius 1 is 1.08 bits per heavy atom. The molecule has 0 radical (unpaired) electrons. The minimum absolute atomic E-state index is 0.0237. The minimum Gasteiger partial charge on any atom is -0.465 e. The van der Waals surface area contributed by atoms with E-state index in [1.807, 2.05) is 13.8 Å². The quantitative estimate of drug-likeness (QED) is 0.700. The maximum atomic E-state index is 13.0. The van der Waals surface area contributed by atoms with Crippen LogP contribution in [0.1, 0.15) is 66.7 Å². The first-order valence-electron chi connectivity index (χ1n) is 9.34. The van der Waals surface area contributed by atoms with E-state index in [1.165, 1.54) is 7.11 Å². The summed E-state index contributed by atoms with van der Waals surface area (Å²) in [6, 6.07) is 4.91. The van der Waals surface area contributed by atoms with Crippen LogP contribution in [0.3, 0.4) is 0 Å². The molecule has 0 aliphatic carbocycles. The molecule has 1 aromatic rings. The van der Waals surface area contributed by atoms with Crippen LogP contribution in [0.4, 0.5) is 5.69 Å². The van der Waals surface area contributed by atoms with Gasteiger partial charge in [0.2, 0.25) is 5.91 Å². The summed E-state index contributed by atoms with van der Waals surface area (Å²) in [4.78, 5) is 40.8. The summed E-state index contributed by atoms with van der Waals surface area (Å²) in [5, 5.41) is 0. The minimum atomic E-state index is -0.511. The number of rotatable bonds is 7. The van der Waals surface area contributed by atoms with Crippen molar-refractivity contribution in [1.82, 2.24) is 4.90 Å². The van der Waals surface area contributed by atoms with Crippen molar-refractivity contribution in [2.24, 2.45) is 0 Å². The number of anilines is 1. The Bertz CT molecular complexity index is 666. The molecule has 0 unspecified atom stereocenters. The van der Waals surface area contributed by atoms with Crippen molar-refractivity contribution >= 4 is 23.5 Å². The summed E-state index contributed by atoms with van der Waals surface area (Å²) in [5.74, 6) is -0.608. The molecule has 26 heavy (non-hydrogen) atoms. The van der Waals surface area contributed by atoms with E-state index in [0.717, 1.165) is 25.7 Å². The standard InChI is InChI=1S/C20H28N2O4/c1-4-9-21(10-5-2)19(24)15-12-16(20(25)26-3)14-17(13-15)22-11-7-6-8-18(22)23/h12-14H,4-11H2,1-3H3. The number of benzene rings is 1. The molecule has 2 amide bonds. The Morgan fingerprint density at radius 3 is 2.31 bits per heavy atom. The van der Waals surface area contributed by atoms with Crippen molar-refractivity contribution in [2.75, 3.05) is 31.6 Å². The van der Waals surface area contributed by atoms with E-state index >= 15 is 0 Å². The number of carbonyl (C=O) groups excluding carboxylic acids is 3. The third-order valence-electron chi connectivity index (χ3n) is 4.50. The molecule has 1 saturated heterocycles. The molecule has 0 atom stereocenters. The zero-order valence-electron chi connectivity index (χ0n) is 15.9. The van der Waals surface area contributed by atoms with E-state index in [9.17, 15) is 14.4 Å². The molecule has 2 rings (SSSR count). The first-order valence-corrected chi connectivity index (χ1v) is 9.34. The molecule has 1 aromatic carbocycles. The van der Waals surface area contributed by atoms with Crippen molar-refractivity contribution in [3.63, 3.8) is 0 Å². The van der Waals surface area contributed by atoms with Crippen LogP contribution in [-0.4, -0.2) is 49.4 Å². The average Bonchev–Trinajstić information content (AvgIpc) is 2.66. The number of hydrogen-bond acceptors (Lipinski definition) is 4. The smallest absolute Gasteiger partial charge is 0.337 e. The van der Waals surface area contributed by atoms with Crippen LogP contribution in [0.25, 0.3) is 0 Å². The zero-order valence-corrected chi connectivity index (χ0v) is 15.9. The molecule has 0 spiro atoms. The maximum Gasteiger partial charge on any atom is 0.337 e. The number of nitrogens with zero attached hydrogens (tertiary/aromatic N) is 2. The van der Waals surface area contributed by atoms with Gasteiger partial charge in [-0.05, 0) is 43.9 Å². The number of amides is 2. The van der Waals surface area contributed by atoms with Gasteiger partial charge in [0.05, 0.1) is 12.7 Å². The molecule has 1 heterocycles. The number of ether oxygens (including phenoxy) is 1. The predicted molar refractivity (Wildman–Crippen MR) is 100 cm³/mol. The lowest BCUT2D eigenvalue weighted by atomic mass is 10.0. The number of piperidine rings is 1.